The van der Waals surface area contributed by atoms with Crippen LogP contribution in [0.15, 0.2) is 0 Å². The highest BCUT2D eigenvalue weighted by atomic mass is 79.9. The van der Waals surface area contributed by atoms with E-state index in [9.17, 15) is 0 Å². The lowest BCUT2D eigenvalue weighted by Crippen LogP contribution is -2.34. The maximum atomic E-state index is 5.64. The Labute approximate surface area is 95.7 Å². The van der Waals surface area contributed by atoms with Gasteiger partial charge in [-0.05, 0) is 37.5 Å². The molecule has 1 nitrogen and oxygen atoms in total. The van der Waals surface area contributed by atoms with E-state index < -0.39 is 0 Å². The van der Waals surface area contributed by atoms with E-state index in [1.807, 2.05) is 7.11 Å². The van der Waals surface area contributed by atoms with Crippen molar-refractivity contribution in [1.82, 2.24) is 0 Å². The molecule has 2 fully saturated rings. The molecule has 0 aliphatic heterocycles. The Kier molecular flexibility index (Phi) is 3.89. The number of halogens is 1. The van der Waals surface area contributed by atoms with Crippen molar-refractivity contribution < 1.29 is 4.74 Å². The Morgan fingerprint density at radius 3 is 2.29 bits per heavy atom. The molecule has 0 amide bonds. The normalized spacial score (nSPS) is 44.1. The molecule has 2 saturated carbocycles. The highest BCUT2D eigenvalue weighted by Crippen LogP contribution is 2.43. The summed E-state index contributed by atoms with van der Waals surface area (Å²) in [6, 6.07) is 0. The average Bonchev–Trinajstić information content (AvgIpc) is 2.64. The zero-order chi connectivity index (χ0) is 9.97. The van der Waals surface area contributed by atoms with E-state index in [4.69, 9.17) is 4.74 Å². The zero-order valence-electron chi connectivity index (χ0n) is 9.05. The highest BCUT2D eigenvalue weighted by Gasteiger charge is 2.37. The SMILES string of the molecule is COC1CCCCC1C1CCCC1Br. The molecule has 0 radical (unpaired) electrons. The summed E-state index contributed by atoms with van der Waals surface area (Å²) < 4.78 is 5.64. The summed E-state index contributed by atoms with van der Waals surface area (Å²) in [4.78, 5) is 0.767. The van der Waals surface area contributed by atoms with Gasteiger partial charge in [-0.25, -0.2) is 0 Å². The van der Waals surface area contributed by atoms with Crippen LogP contribution in [-0.2, 0) is 4.74 Å². The van der Waals surface area contributed by atoms with Crippen LogP contribution in [0, 0.1) is 11.8 Å². The first-order valence-corrected chi connectivity index (χ1v) is 6.91. The third-order valence-electron chi connectivity index (χ3n) is 4.09. The van der Waals surface area contributed by atoms with Crippen molar-refractivity contribution in [2.75, 3.05) is 7.11 Å². The second-order valence-electron chi connectivity index (χ2n) is 4.83. The Morgan fingerprint density at radius 2 is 1.64 bits per heavy atom. The van der Waals surface area contributed by atoms with Crippen LogP contribution < -0.4 is 0 Å². The fraction of sp³-hybridized carbons (Fsp3) is 1.00. The molecule has 14 heavy (non-hydrogen) atoms. The third-order valence-corrected chi connectivity index (χ3v) is 5.23. The van der Waals surface area contributed by atoms with E-state index in [1.165, 1.54) is 44.9 Å². The Hall–Kier alpha value is 0.440. The summed E-state index contributed by atoms with van der Waals surface area (Å²) in [7, 11) is 1.89. The molecule has 4 unspecified atom stereocenters. The lowest BCUT2D eigenvalue weighted by Gasteiger charge is -2.36. The molecule has 2 aliphatic rings. The van der Waals surface area contributed by atoms with Gasteiger partial charge in [0.25, 0.3) is 0 Å². The highest BCUT2D eigenvalue weighted by molar-refractivity contribution is 9.09. The largest absolute Gasteiger partial charge is 0.381 e. The first-order chi connectivity index (χ1) is 6.83. The first-order valence-electron chi connectivity index (χ1n) is 6.00. The van der Waals surface area contributed by atoms with Crippen LogP contribution in [0.4, 0.5) is 0 Å². The van der Waals surface area contributed by atoms with E-state index in [0.29, 0.717) is 6.10 Å². The zero-order valence-corrected chi connectivity index (χ0v) is 10.6. The number of hydrogen-bond acceptors (Lipinski definition) is 1. The molecule has 2 aliphatic carbocycles. The Bertz CT molecular complexity index is 183. The summed E-state index contributed by atoms with van der Waals surface area (Å²) in [6.45, 7) is 0. The van der Waals surface area contributed by atoms with Gasteiger partial charge in [-0.2, -0.15) is 0 Å². The number of methoxy groups -OCH3 is 1. The first kappa shape index (κ1) is 10.9. The molecule has 0 aromatic rings. The van der Waals surface area contributed by atoms with E-state index in [-0.39, 0.29) is 0 Å². The standard InChI is InChI=1S/C12H21BrO/c1-14-12-8-3-2-5-10(12)9-6-4-7-11(9)13/h9-12H,2-8H2,1H3. The second-order valence-corrected chi connectivity index (χ2v) is 6.01. The van der Waals surface area contributed by atoms with Gasteiger partial charge in [0.05, 0.1) is 6.10 Å². The number of ether oxygens (including phenoxy) is 1. The molecule has 0 aromatic heterocycles. The number of alkyl halides is 1. The minimum Gasteiger partial charge on any atom is -0.381 e. The molecule has 82 valence electrons. The minimum atomic E-state index is 0.548. The van der Waals surface area contributed by atoms with Crippen LogP contribution in [0.1, 0.15) is 44.9 Å². The van der Waals surface area contributed by atoms with Gasteiger partial charge >= 0.3 is 0 Å². The summed E-state index contributed by atoms with van der Waals surface area (Å²) in [5.74, 6) is 1.72. The van der Waals surface area contributed by atoms with Crippen molar-refractivity contribution in [2.24, 2.45) is 11.8 Å². The van der Waals surface area contributed by atoms with Crippen LogP contribution >= 0.6 is 15.9 Å². The molecule has 0 heterocycles. The molecule has 0 bridgehead atoms. The number of hydrogen-bond donors (Lipinski definition) is 0. The Balaban J connectivity index is 1.99. The predicted octanol–water partition coefficient (Wildman–Crippen LogP) is 3.76. The van der Waals surface area contributed by atoms with Gasteiger partial charge in [-0.15, -0.1) is 0 Å². The van der Waals surface area contributed by atoms with Crippen LogP contribution in [-0.4, -0.2) is 18.0 Å². The lowest BCUT2D eigenvalue weighted by atomic mass is 9.77. The maximum absolute atomic E-state index is 5.64. The van der Waals surface area contributed by atoms with Crippen LogP contribution in [0.2, 0.25) is 0 Å². The van der Waals surface area contributed by atoms with Crippen LogP contribution in [0.5, 0.6) is 0 Å². The lowest BCUT2D eigenvalue weighted by molar-refractivity contribution is 0.00104. The second kappa shape index (κ2) is 4.98. The van der Waals surface area contributed by atoms with Crippen LogP contribution in [0.3, 0.4) is 0 Å². The Morgan fingerprint density at radius 1 is 0.929 bits per heavy atom. The van der Waals surface area contributed by atoms with Gasteiger partial charge in [0.2, 0.25) is 0 Å². The summed E-state index contributed by atoms with van der Waals surface area (Å²) in [6.07, 6.45) is 10.2. The molecular weight excluding hydrogens is 240 g/mol. The van der Waals surface area contributed by atoms with Crippen molar-refractivity contribution >= 4 is 15.9 Å². The average molecular weight is 261 g/mol. The molecule has 2 heteroatoms. The smallest absolute Gasteiger partial charge is 0.0602 e. The van der Waals surface area contributed by atoms with Crippen LogP contribution in [0.25, 0.3) is 0 Å². The molecule has 0 saturated heterocycles. The van der Waals surface area contributed by atoms with Crippen molar-refractivity contribution in [3.63, 3.8) is 0 Å². The molecule has 0 N–H and O–H groups in total. The third kappa shape index (κ3) is 2.16. The topological polar surface area (TPSA) is 9.23 Å². The minimum absolute atomic E-state index is 0.548. The molecule has 2 rings (SSSR count). The maximum Gasteiger partial charge on any atom is 0.0602 e. The summed E-state index contributed by atoms with van der Waals surface area (Å²) in [5.41, 5.74) is 0. The van der Waals surface area contributed by atoms with Gasteiger partial charge in [-0.3, -0.25) is 0 Å². The van der Waals surface area contributed by atoms with Crippen molar-refractivity contribution in [3.05, 3.63) is 0 Å². The van der Waals surface area contributed by atoms with E-state index in [1.54, 1.807) is 0 Å². The van der Waals surface area contributed by atoms with E-state index >= 15 is 0 Å². The van der Waals surface area contributed by atoms with E-state index in [2.05, 4.69) is 15.9 Å². The summed E-state index contributed by atoms with van der Waals surface area (Å²) >= 11 is 3.84. The molecular formula is C12H21BrO. The van der Waals surface area contributed by atoms with Gasteiger partial charge in [0.1, 0.15) is 0 Å². The van der Waals surface area contributed by atoms with Crippen molar-refractivity contribution in [3.8, 4) is 0 Å². The molecule has 0 aromatic carbocycles. The fourth-order valence-electron chi connectivity index (χ4n) is 3.33. The fourth-order valence-corrected chi connectivity index (χ4v) is 4.31. The van der Waals surface area contributed by atoms with Gasteiger partial charge in [-0.1, -0.05) is 35.2 Å². The molecule has 4 atom stereocenters. The van der Waals surface area contributed by atoms with Gasteiger partial charge < -0.3 is 4.74 Å². The number of rotatable bonds is 2. The summed E-state index contributed by atoms with van der Waals surface area (Å²) in [5, 5.41) is 0. The van der Waals surface area contributed by atoms with Crippen molar-refractivity contribution in [1.29, 1.82) is 0 Å². The quantitative estimate of drug-likeness (QED) is 0.688. The van der Waals surface area contributed by atoms with Gasteiger partial charge in [0.15, 0.2) is 0 Å². The monoisotopic (exact) mass is 260 g/mol. The van der Waals surface area contributed by atoms with E-state index in [0.717, 1.165) is 16.7 Å². The van der Waals surface area contributed by atoms with Gasteiger partial charge in [0, 0.05) is 11.9 Å². The van der Waals surface area contributed by atoms with Crippen molar-refractivity contribution in [2.45, 2.75) is 55.9 Å². The molecule has 0 spiro atoms. The predicted molar refractivity (Wildman–Crippen MR) is 62.8 cm³/mol.